The average Bonchev–Trinajstić information content (AvgIpc) is 2.44. The predicted molar refractivity (Wildman–Crippen MR) is 77.7 cm³/mol. The number of carbonyl (C=O) groups is 1. The molecule has 0 atom stereocenters. The van der Waals surface area contributed by atoms with Crippen LogP contribution in [0.5, 0.6) is 0 Å². The number of hydrogen-bond donors (Lipinski definition) is 1. The van der Waals surface area contributed by atoms with Gasteiger partial charge in [0.15, 0.2) is 0 Å². The van der Waals surface area contributed by atoms with Crippen LogP contribution in [0.1, 0.15) is 29.6 Å². The lowest BCUT2D eigenvalue weighted by molar-refractivity contribution is 0.112. The maximum absolute atomic E-state index is 10.7. The Labute approximate surface area is 115 Å². The van der Waals surface area contributed by atoms with Crippen LogP contribution in [0.2, 0.25) is 0 Å². The van der Waals surface area contributed by atoms with Crippen molar-refractivity contribution < 1.29 is 4.79 Å². The molecule has 2 fully saturated rings. The standard InChI is InChI=1S/C16H22N2O/c19-12-14-1-3-16(4-2-14)18-7-5-13(6-8-18)9-15-10-17-11-15/h1-4,12-13,15,17H,5-11H2. The van der Waals surface area contributed by atoms with Gasteiger partial charge in [-0.1, -0.05) is 0 Å². The van der Waals surface area contributed by atoms with Crippen LogP contribution in [-0.2, 0) is 0 Å². The minimum absolute atomic E-state index is 0.760. The molecule has 1 aromatic carbocycles. The molecule has 2 aliphatic rings. The van der Waals surface area contributed by atoms with Crippen molar-refractivity contribution in [1.29, 1.82) is 0 Å². The molecule has 3 heteroatoms. The number of hydrogen-bond acceptors (Lipinski definition) is 3. The lowest BCUT2D eigenvalue weighted by Crippen LogP contribution is -2.44. The maximum Gasteiger partial charge on any atom is 0.150 e. The number of piperidine rings is 1. The van der Waals surface area contributed by atoms with E-state index < -0.39 is 0 Å². The van der Waals surface area contributed by atoms with Crippen molar-refractivity contribution in [2.75, 3.05) is 31.1 Å². The monoisotopic (exact) mass is 258 g/mol. The molecule has 3 rings (SSSR count). The van der Waals surface area contributed by atoms with Crippen molar-refractivity contribution in [2.24, 2.45) is 11.8 Å². The van der Waals surface area contributed by atoms with E-state index in [1.807, 2.05) is 12.1 Å². The molecule has 2 heterocycles. The Balaban J connectivity index is 1.52. The highest BCUT2D eigenvalue weighted by atomic mass is 16.1. The second kappa shape index (κ2) is 5.74. The Kier molecular flexibility index (Phi) is 3.83. The first-order valence-electron chi connectivity index (χ1n) is 7.36. The molecule has 2 aliphatic heterocycles. The molecule has 0 aromatic heterocycles. The van der Waals surface area contributed by atoms with E-state index >= 15 is 0 Å². The van der Waals surface area contributed by atoms with Gasteiger partial charge in [0.1, 0.15) is 6.29 Å². The van der Waals surface area contributed by atoms with Crippen molar-refractivity contribution in [3.63, 3.8) is 0 Å². The lowest BCUT2D eigenvalue weighted by atomic mass is 9.84. The number of rotatable bonds is 4. The van der Waals surface area contributed by atoms with Crippen LogP contribution in [0.25, 0.3) is 0 Å². The summed E-state index contributed by atoms with van der Waals surface area (Å²) in [6.07, 6.45) is 4.94. The summed E-state index contributed by atoms with van der Waals surface area (Å²) in [6.45, 7) is 4.78. The van der Waals surface area contributed by atoms with E-state index in [1.165, 1.54) is 38.0 Å². The van der Waals surface area contributed by atoms with E-state index in [0.29, 0.717) is 0 Å². The van der Waals surface area contributed by atoms with Crippen molar-refractivity contribution in [2.45, 2.75) is 19.3 Å². The number of benzene rings is 1. The van der Waals surface area contributed by atoms with E-state index in [1.54, 1.807) is 0 Å². The number of carbonyl (C=O) groups excluding carboxylic acids is 1. The van der Waals surface area contributed by atoms with Gasteiger partial charge in [-0.05, 0) is 68.5 Å². The first-order valence-corrected chi connectivity index (χ1v) is 7.36. The van der Waals surface area contributed by atoms with Crippen LogP contribution in [0.4, 0.5) is 5.69 Å². The van der Waals surface area contributed by atoms with E-state index in [9.17, 15) is 4.79 Å². The number of aldehydes is 1. The van der Waals surface area contributed by atoms with E-state index in [-0.39, 0.29) is 0 Å². The van der Waals surface area contributed by atoms with Gasteiger partial charge in [-0.3, -0.25) is 4.79 Å². The first-order chi connectivity index (χ1) is 9.35. The fraction of sp³-hybridized carbons (Fsp3) is 0.562. The minimum Gasteiger partial charge on any atom is -0.372 e. The van der Waals surface area contributed by atoms with Crippen molar-refractivity contribution in [3.05, 3.63) is 29.8 Å². The summed E-state index contributed by atoms with van der Waals surface area (Å²) in [5.74, 6) is 1.85. The molecular formula is C16H22N2O. The summed E-state index contributed by atoms with van der Waals surface area (Å²) in [7, 11) is 0. The molecule has 1 aromatic rings. The summed E-state index contributed by atoms with van der Waals surface area (Å²) in [4.78, 5) is 13.1. The quantitative estimate of drug-likeness (QED) is 0.841. The topological polar surface area (TPSA) is 32.3 Å². The third kappa shape index (κ3) is 2.98. The Bertz CT molecular complexity index is 417. The normalized spacial score (nSPS) is 21.2. The third-order valence-electron chi connectivity index (χ3n) is 4.54. The summed E-state index contributed by atoms with van der Waals surface area (Å²) in [5.41, 5.74) is 2.02. The minimum atomic E-state index is 0.760. The second-order valence-corrected chi connectivity index (χ2v) is 5.90. The highest BCUT2D eigenvalue weighted by molar-refractivity contribution is 5.75. The van der Waals surface area contributed by atoms with Crippen LogP contribution in [0, 0.1) is 11.8 Å². The molecule has 0 saturated carbocycles. The van der Waals surface area contributed by atoms with Gasteiger partial charge in [0.25, 0.3) is 0 Å². The molecule has 3 nitrogen and oxygen atoms in total. The molecule has 102 valence electrons. The lowest BCUT2D eigenvalue weighted by Gasteiger charge is -2.37. The van der Waals surface area contributed by atoms with Gasteiger partial charge in [0.2, 0.25) is 0 Å². The summed E-state index contributed by atoms with van der Waals surface area (Å²) in [5, 5.41) is 3.36. The number of anilines is 1. The Hall–Kier alpha value is -1.35. The fourth-order valence-electron chi connectivity index (χ4n) is 3.18. The zero-order chi connectivity index (χ0) is 13.1. The van der Waals surface area contributed by atoms with Crippen LogP contribution in [0.15, 0.2) is 24.3 Å². The highest BCUT2D eigenvalue weighted by Crippen LogP contribution is 2.28. The van der Waals surface area contributed by atoms with Gasteiger partial charge in [-0.15, -0.1) is 0 Å². The average molecular weight is 258 g/mol. The van der Waals surface area contributed by atoms with Gasteiger partial charge in [-0.2, -0.15) is 0 Å². The number of nitrogens with zero attached hydrogens (tertiary/aromatic N) is 1. The Morgan fingerprint density at radius 1 is 1.11 bits per heavy atom. The molecule has 1 N–H and O–H groups in total. The van der Waals surface area contributed by atoms with Crippen LogP contribution in [-0.4, -0.2) is 32.5 Å². The van der Waals surface area contributed by atoms with Crippen molar-refractivity contribution >= 4 is 12.0 Å². The maximum atomic E-state index is 10.7. The van der Waals surface area contributed by atoms with Crippen LogP contribution >= 0.6 is 0 Å². The van der Waals surface area contributed by atoms with Gasteiger partial charge in [0, 0.05) is 24.3 Å². The van der Waals surface area contributed by atoms with Crippen LogP contribution < -0.4 is 10.2 Å². The van der Waals surface area contributed by atoms with E-state index in [4.69, 9.17) is 0 Å². The summed E-state index contributed by atoms with van der Waals surface area (Å²) in [6, 6.07) is 7.96. The Morgan fingerprint density at radius 2 is 1.79 bits per heavy atom. The molecule has 0 unspecified atom stereocenters. The third-order valence-corrected chi connectivity index (χ3v) is 4.54. The largest absolute Gasteiger partial charge is 0.372 e. The van der Waals surface area contributed by atoms with E-state index in [0.717, 1.165) is 36.8 Å². The fourth-order valence-corrected chi connectivity index (χ4v) is 3.18. The molecule has 0 radical (unpaired) electrons. The zero-order valence-electron chi connectivity index (χ0n) is 11.3. The molecule has 19 heavy (non-hydrogen) atoms. The van der Waals surface area contributed by atoms with Gasteiger partial charge >= 0.3 is 0 Å². The molecular weight excluding hydrogens is 236 g/mol. The van der Waals surface area contributed by atoms with Gasteiger partial charge < -0.3 is 10.2 Å². The van der Waals surface area contributed by atoms with Crippen molar-refractivity contribution in [3.8, 4) is 0 Å². The molecule has 2 saturated heterocycles. The molecule has 0 spiro atoms. The highest BCUT2D eigenvalue weighted by Gasteiger charge is 2.25. The van der Waals surface area contributed by atoms with E-state index in [2.05, 4.69) is 22.3 Å². The predicted octanol–water partition coefficient (Wildman–Crippen LogP) is 2.33. The second-order valence-electron chi connectivity index (χ2n) is 5.90. The smallest absolute Gasteiger partial charge is 0.150 e. The first kappa shape index (κ1) is 12.7. The summed E-state index contributed by atoms with van der Waals surface area (Å²) >= 11 is 0. The molecule has 0 amide bonds. The molecule has 0 aliphatic carbocycles. The van der Waals surface area contributed by atoms with Crippen LogP contribution in [0.3, 0.4) is 0 Å². The zero-order valence-corrected chi connectivity index (χ0v) is 11.3. The van der Waals surface area contributed by atoms with Crippen molar-refractivity contribution in [1.82, 2.24) is 5.32 Å². The number of nitrogens with one attached hydrogen (secondary N) is 1. The Morgan fingerprint density at radius 3 is 2.32 bits per heavy atom. The van der Waals surface area contributed by atoms with Gasteiger partial charge in [0.05, 0.1) is 0 Å². The molecule has 0 bridgehead atoms. The van der Waals surface area contributed by atoms with Gasteiger partial charge in [-0.25, -0.2) is 0 Å². The summed E-state index contributed by atoms with van der Waals surface area (Å²) < 4.78 is 0. The SMILES string of the molecule is O=Cc1ccc(N2CCC(CC3CNC3)CC2)cc1.